The second kappa shape index (κ2) is 4.42. The number of nitrogens with two attached hydrogens (primary N) is 1. The molecule has 0 aliphatic heterocycles. The highest BCUT2D eigenvalue weighted by atomic mass is 16.5. The summed E-state index contributed by atoms with van der Waals surface area (Å²) >= 11 is 0. The molecule has 0 aliphatic carbocycles. The minimum Gasteiger partial charge on any atom is -0.497 e. The number of hydrogen-bond donors (Lipinski definition) is 2. The van der Waals surface area contributed by atoms with Gasteiger partial charge in [0.1, 0.15) is 5.75 Å². The molecule has 1 aromatic heterocycles. The van der Waals surface area contributed by atoms with E-state index in [0.717, 1.165) is 17.0 Å². The van der Waals surface area contributed by atoms with E-state index in [1.807, 2.05) is 19.1 Å². The number of benzene rings is 1. The van der Waals surface area contributed by atoms with Crippen LogP contribution in [0.5, 0.6) is 5.75 Å². The molecule has 0 saturated carbocycles. The molecule has 0 fully saturated rings. The standard InChI is InChI=1S/C11H14N4O2/c1-7-5-8(17-2)3-4-9(7)15-10(6-12)13-14-11(15)16/h3-5H,6,12H2,1-2H3,(H,14,16). The normalized spacial score (nSPS) is 10.5. The fourth-order valence-electron chi connectivity index (χ4n) is 1.72. The van der Waals surface area contributed by atoms with Crippen molar-refractivity contribution in [3.8, 4) is 11.4 Å². The smallest absolute Gasteiger partial charge is 0.347 e. The van der Waals surface area contributed by atoms with Crippen LogP contribution in [0, 0.1) is 6.92 Å². The first-order chi connectivity index (χ1) is 8.17. The lowest BCUT2D eigenvalue weighted by atomic mass is 10.2. The average molecular weight is 234 g/mol. The molecule has 0 bridgehead atoms. The zero-order chi connectivity index (χ0) is 12.4. The number of methoxy groups -OCH3 is 1. The summed E-state index contributed by atoms with van der Waals surface area (Å²) in [4.78, 5) is 11.7. The molecule has 0 atom stereocenters. The van der Waals surface area contributed by atoms with Crippen LogP contribution in [0.2, 0.25) is 0 Å². The number of H-pyrrole nitrogens is 1. The van der Waals surface area contributed by atoms with Gasteiger partial charge in [-0.05, 0) is 30.7 Å². The van der Waals surface area contributed by atoms with Gasteiger partial charge in [-0.2, -0.15) is 5.10 Å². The summed E-state index contributed by atoms with van der Waals surface area (Å²) in [6.07, 6.45) is 0. The Labute approximate surface area is 98.0 Å². The third-order valence-corrected chi connectivity index (χ3v) is 2.57. The monoisotopic (exact) mass is 234 g/mol. The van der Waals surface area contributed by atoms with Gasteiger partial charge in [0.05, 0.1) is 19.3 Å². The van der Waals surface area contributed by atoms with Crippen LogP contribution in [0.25, 0.3) is 5.69 Å². The Morgan fingerprint density at radius 2 is 2.29 bits per heavy atom. The lowest BCUT2D eigenvalue weighted by molar-refractivity contribution is 0.414. The van der Waals surface area contributed by atoms with Crippen LogP contribution >= 0.6 is 0 Å². The van der Waals surface area contributed by atoms with Crippen molar-refractivity contribution in [1.29, 1.82) is 0 Å². The molecule has 2 rings (SSSR count). The highest BCUT2D eigenvalue weighted by Crippen LogP contribution is 2.19. The Morgan fingerprint density at radius 1 is 1.53 bits per heavy atom. The largest absolute Gasteiger partial charge is 0.497 e. The van der Waals surface area contributed by atoms with Crippen LogP contribution in [0.3, 0.4) is 0 Å². The van der Waals surface area contributed by atoms with E-state index in [-0.39, 0.29) is 12.2 Å². The number of ether oxygens (including phenoxy) is 1. The molecule has 0 spiro atoms. The number of rotatable bonds is 3. The molecule has 90 valence electrons. The van der Waals surface area contributed by atoms with Gasteiger partial charge in [0.2, 0.25) is 0 Å². The first kappa shape index (κ1) is 11.4. The molecule has 0 saturated heterocycles. The summed E-state index contributed by atoms with van der Waals surface area (Å²) in [5.74, 6) is 1.25. The SMILES string of the molecule is COc1ccc(-n2c(CN)n[nH]c2=O)c(C)c1. The molecule has 0 unspecified atom stereocenters. The molecule has 6 heteroatoms. The van der Waals surface area contributed by atoms with Crippen LogP contribution in [0.1, 0.15) is 11.4 Å². The maximum Gasteiger partial charge on any atom is 0.347 e. The summed E-state index contributed by atoms with van der Waals surface area (Å²) in [6.45, 7) is 2.10. The molecule has 6 nitrogen and oxygen atoms in total. The Kier molecular flexibility index (Phi) is 2.97. The van der Waals surface area contributed by atoms with Crippen LogP contribution < -0.4 is 16.2 Å². The quantitative estimate of drug-likeness (QED) is 0.801. The Balaban J connectivity index is 2.60. The van der Waals surface area contributed by atoms with Gasteiger partial charge in [-0.15, -0.1) is 0 Å². The van der Waals surface area contributed by atoms with Crippen molar-refractivity contribution in [2.45, 2.75) is 13.5 Å². The number of hydrogen-bond acceptors (Lipinski definition) is 4. The van der Waals surface area contributed by atoms with Crippen LogP contribution in [-0.4, -0.2) is 21.9 Å². The van der Waals surface area contributed by atoms with Crippen LogP contribution in [0.15, 0.2) is 23.0 Å². The third-order valence-electron chi connectivity index (χ3n) is 2.57. The van der Waals surface area contributed by atoms with Gasteiger partial charge >= 0.3 is 5.69 Å². The molecule has 2 aromatic rings. The topological polar surface area (TPSA) is 85.9 Å². The van der Waals surface area contributed by atoms with Crippen molar-refractivity contribution < 1.29 is 4.74 Å². The molecule has 1 aromatic carbocycles. The van der Waals surface area contributed by atoms with Crippen molar-refractivity contribution >= 4 is 0 Å². The first-order valence-electron chi connectivity index (χ1n) is 5.18. The van der Waals surface area contributed by atoms with Gasteiger partial charge in [-0.3, -0.25) is 0 Å². The van der Waals surface area contributed by atoms with Gasteiger partial charge in [0.15, 0.2) is 5.82 Å². The number of nitrogens with zero attached hydrogens (tertiary/aromatic N) is 2. The van der Waals surface area contributed by atoms with Crippen LogP contribution in [0.4, 0.5) is 0 Å². The number of nitrogens with one attached hydrogen (secondary N) is 1. The highest BCUT2D eigenvalue weighted by molar-refractivity contribution is 5.45. The van der Waals surface area contributed by atoms with E-state index in [9.17, 15) is 4.79 Å². The molecule has 0 aliphatic rings. The minimum atomic E-state index is -0.293. The predicted octanol–water partition coefficient (Wildman–Crippen LogP) is 0.336. The van der Waals surface area contributed by atoms with Crippen molar-refractivity contribution in [3.63, 3.8) is 0 Å². The van der Waals surface area contributed by atoms with E-state index in [1.54, 1.807) is 13.2 Å². The molecule has 0 amide bonds. The molecular formula is C11H14N4O2. The van der Waals surface area contributed by atoms with Gasteiger partial charge in [0.25, 0.3) is 0 Å². The van der Waals surface area contributed by atoms with E-state index < -0.39 is 0 Å². The molecule has 17 heavy (non-hydrogen) atoms. The van der Waals surface area contributed by atoms with E-state index in [1.165, 1.54) is 4.57 Å². The van der Waals surface area contributed by atoms with E-state index in [2.05, 4.69) is 10.2 Å². The fourth-order valence-corrected chi connectivity index (χ4v) is 1.72. The average Bonchev–Trinajstić information content (AvgIpc) is 2.70. The van der Waals surface area contributed by atoms with E-state index in [0.29, 0.717) is 5.82 Å². The third kappa shape index (κ3) is 1.94. The number of aromatic amines is 1. The zero-order valence-corrected chi connectivity index (χ0v) is 9.73. The maximum absolute atomic E-state index is 11.7. The first-order valence-corrected chi connectivity index (χ1v) is 5.18. The van der Waals surface area contributed by atoms with Crippen molar-refractivity contribution in [1.82, 2.24) is 14.8 Å². The van der Waals surface area contributed by atoms with Crippen molar-refractivity contribution in [2.24, 2.45) is 5.73 Å². The summed E-state index contributed by atoms with van der Waals surface area (Å²) in [6, 6.07) is 5.46. The van der Waals surface area contributed by atoms with E-state index >= 15 is 0 Å². The van der Waals surface area contributed by atoms with Gasteiger partial charge in [0, 0.05) is 0 Å². The Bertz CT molecular complexity index is 585. The predicted molar refractivity (Wildman–Crippen MR) is 63.4 cm³/mol. The number of aryl methyl sites for hydroxylation is 1. The fraction of sp³-hybridized carbons (Fsp3) is 0.273. The summed E-state index contributed by atoms with van der Waals surface area (Å²) in [5, 5.41) is 6.25. The summed E-state index contributed by atoms with van der Waals surface area (Å²) < 4.78 is 6.59. The molecule has 3 N–H and O–H groups in total. The lowest BCUT2D eigenvalue weighted by Gasteiger charge is -2.09. The second-order valence-corrected chi connectivity index (χ2v) is 3.64. The highest BCUT2D eigenvalue weighted by Gasteiger charge is 2.11. The molecule has 0 radical (unpaired) electrons. The van der Waals surface area contributed by atoms with Gasteiger partial charge in [-0.1, -0.05) is 0 Å². The lowest BCUT2D eigenvalue weighted by Crippen LogP contribution is -2.19. The van der Waals surface area contributed by atoms with Crippen molar-refractivity contribution in [3.05, 3.63) is 40.1 Å². The second-order valence-electron chi connectivity index (χ2n) is 3.64. The Morgan fingerprint density at radius 3 is 2.88 bits per heavy atom. The Hall–Kier alpha value is -2.08. The van der Waals surface area contributed by atoms with Gasteiger partial charge < -0.3 is 10.5 Å². The van der Waals surface area contributed by atoms with Crippen molar-refractivity contribution in [2.75, 3.05) is 7.11 Å². The minimum absolute atomic E-state index is 0.199. The van der Waals surface area contributed by atoms with Gasteiger partial charge in [-0.25, -0.2) is 14.5 Å². The van der Waals surface area contributed by atoms with E-state index in [4.69, 9.17) is 10.5 Å². The van der Waals surface area contributed by atoms with Crippen LogP contribution in [-0.2, 0) is 6.54 Å². The molecule has 1 heterocycles. The summed E-state index contributed by atoms with van der Waals surface area (Å²) in [5.41, 5.74) is 6.92. The number of aromatic nitrogens is 3. The summed E-state index contributed by atoms with van der Waals surface area (Å²) in [7, 11) is 1.60. The molecular weight excluding hydrogens is 220 g/mol. The zero-order valence-electron chi connectivity index (χ0n) is 9.73. The maximum atomic E-state index is 11.7.